The predicted molar refractivity (Wildman–Crippen MR) is 61.9 cm³/mol. The Labute approximate surface area is 93.0 Å². The zero-order chi connectivity index (χ0) is 9.80. The van der Waals surface area contributed by atoms with Crippen LogP contribution in [0.2, 0.25) is 0 Å². The van der Waals surface area contributed by atoms with Gasteiger partial charge >= 0.3 is 0 Å². The Balaban J connectivity index is 2.07. The first kappa shape index (κ1) is 9.84. The van der Waals surface area contributed by atoms with Gasteiger partial charge in [0.25, 0.3) is 0 Å². The minimum absolute atomic E-state index is 0.414. The van der Waals surface area contributed by atoms with Gasteiger partial charge in [-0.25, -0.2) is 0 Å². The van der Waals surface area contributed by atoms with Crippen LogP contribution >= 0.6 is 16.1 Å². The zero-order valence-corrected chi connectivity index (χ0v) is 9.59. The van der Waals surface area contributed by atoms with E-state index in [1.54, 1.807) is 0 Å². The molecule has 0 radical (unpaired) electrons. The highest BCUT2D eigenvalue weighted by Gasteiger charge is 2.17. The van der Waals surface area contributed by atoms with Crippen molar-refractivity contribution in [1.29, 1.82) is 0 Å². The van der Waals surface area contributed by atoms with Crippen LogP contribution in [0, 0.1) is 0 Å². The van der Waals surface area contributed by atoms with Crippen molar-refractivity contribution in [2.45, 2.75) is 31.8 Å². The molecule has 0 bridgehead atoms. The Hall–Kier alpha value is -0.700. The summed E-state index contributed by atoms with van der Waals surface area (Å²) in [5.41, 5.74) is 0.999. The standard InChI is InChI=1S/C11H14BrNO/c12-13-10-7-3-4-8-11(10)14-9-5-1-2-6-9/h3-4,7-9,13H,1-2,5-6H2. The summed E-state index contributed by atoms with van der Waals surface area (Å²) in [6.45, 7) is 0. The Kier molecular flexibility index (Phi) is 3.30. The van der Waals surface area contributed by atoms with E-state index in [0.717, 1.165) is 11.4 Å². The van der Waals surface area contributed by atoms with Crippen molar-refractivity contribution in [2.24, 2.45) is 0 Å². The highest BCUT2D eigenvalue weighted by molar-refractivity contribution is 9.10. The van der Waals surface area contributed by atoms with Crippen LogP contribution in [-0.4, -0.2) is 6.10 Å². The lowest BCUT2D eigenvalue weighted by Gasteiger charge is -2.15. The number of nitrogens with one attached hydrogen (secondary N) is 1. The van der Waals surface area contributed by atoms with Crippen LogP contribution in [0.25, 0.3) is 0 Å². The third kappa shape index (κ3) is 2.21. The molecule has 0 unspecified atom stereocenters. The molecule has 0 amide bonds. The van der Waals surface area contributed by atoms with Crippen molar-refractivity contribution in [3.63, 3.8) is 0 Å². The van der Waals surface area contributed by atoms with Crippen LogP contribution in [0.4, 0.5) is 5.69 Å². The van der Waals surface area contributed by atoms with E-state index < -0.39 is 0 Å². The van der Waals surface area contributed by atoms with Crippen LogP contribution < -0.4 is 9.08 Å². The number of ether oxygens (including phenoxy) is 1. The molecule has 1 aromatic rings. The van der Waals surface area contributed by atoms with Crippen LogP contribution in [0.15, 0.2) is 24.3 Å². The summed E-state index contributed by atoms with van der Waals surface area (Å²) < 4.78 is 8.86. The molecule has 2 rings (SSSR count). The molecule has 0 spiro atoms. The second kappa shape index (κ2) is 4.69. The fourth-order valence-corrected chi connectivity index (χ4v) is 2.16. The molecule has 1 saturated carbocycles. The Bertz CT molecular complexity index is 297. The number of hydrogen-bond donors (Lipinski definition) is 1. The summed E-state index contributed by atoms with van der Waals surface area (Å²) in [5, 5.41) is 0. The van der Waals surface area contributed by atoms with Crippen molar-refractivity contribution in [3.8, 4) is 5.75 Å². The number of para-hydroxylation sites is 2. The summed E-state index contributed by atoms with van der Waals surface area (Å²) in [5.74, 6) is 0.941. The molecule has 1 aliphatic rings. The third-order valence-corrected chi connectivity index (χ3v) is 3.01. The smallest absolute Gasteiger partial charge is 0.143 e. The van der Waals surface area contributed by atoms with E-state index in [4.69, 9.17) is 4.74 Å². The maximum Gasteiger partial charge on any atom is 0.143 e. The first-order valence-electron chi connectivity index (χ1n) is 5.02. The molecule has 76 valence electrons. The topological polar surface area (TPSA) is 21.3 Å². The summed E-state index contributed by atoms with van der Waals surface area (Å²) in [6, 6.07) is 7.99. The Morgan fingerprint density at radius 3 is 2.64 bits per heavy atom. The fourth-order valence-electron chi connectivity index (χ4n) is 1.83. The molecular formula is C11H14BrNO. The maximum atomic E-state index is 5.90. The molecule has 0 saturated heterocycles. The SMILES string of the molecule is BrNc1ccccc1OC1CCCC1. The molecule has 14 heavy (non-hydrogen) atoms. The zero-order valence-electron chi connectivity index (χ0n) is 8.00. The van der Waals surface area contributed by atoms with Gasteiger partial charge < -0.3 is 9.08 Å². The molecule has 0 atom stereocenters. The minimum Gasteiger partial charge on any atom is -0.488 e. The molecule has 1 aliphatic carbocycles. The number of rotatable bonds is 3. The number of hydrogen-bond acceptors (Lipinski definition) is 2. The van der Waals surface area contributed by atoms with Crippen LogP contribution in [-0.2, 0) is 0 Å². The van der Waals surface area contributed by atoms with Gasteiger partial charge in [-0.2, -0.15) is 0 Å². The van der Waals surface area contributed by atoms with Gasteiger partial charge in [-0.3, -0.25) is 0 Å². The van der Waals surface area contributed by atoms with Gasteiger partial charge in [-0.15, -0.1) is 0 Å². The molecule has 3 heteroatoms. The lowest BCUT2D eigenvalue weighted by atomic mass is 10.2. The summed E-state index contributed by atoms with van der Waals surface area (Å²) in [4.78, 5) is 0. The normalized spacial score (nSPS) is 16.9. The predicted octanol–water partition coefficient (Wildman–Crippen LogP) is 3.73. The van der Waals surface area contributed by atoms with Crippen molar-refractivity contribution < 1.29 is 4.74 Å². The minimum atomic E-state index is 0.414. The number of anilines is 1. The van der Waals surface area contributed by atoms with E-state index in [0.29, 0.717) is 6.10 Å². The quantitative estimate of drug-likeness (QED) is 0.832. The molecule has 1 aromatic carbocycles. The van der Waals surface area contributed by atoms with E-state index >= 15 is 0 Å². The highest BCUT2D eigenvalue weighted by Crippen LogP contribution is 2.30. The van der Waals surface area contributed by atoms with Crippen molar-refractivity contribution in [2.75, 3.05) is 4.34 Å². The highest BCUT2D eigenvalue weighted by atomic mass is 79.9. The van der Waals surface area contributed by atoms with Crippen LogP contribution in [0.1, 0.15) is 25.7 Å². The van der Waals surface area contributed by atoms with Gasteiger partial charge in [0.2, 0.25) is 0 Å². The average Bonchev–Trinajstić information content (AvgIpc) is 2.71. The molecule has 2 nitrogen and oxygen atoms in total. The number of benzene rings is 1. The van der Waals surface area contributed by atoms with E-state index in [2.05, 4.69) is 20.5 Å². The monoisotopic (exact) mass is 255 g/mol. The van der Waals surface area contributed by atoms with Crippen molar-refractivity contribution >= 4 is 21.8 Å². The van der Waals surface area contributed by atoms with Gasteiger partial charge in [-0.1, -0.05) is 12.1 Å². The first-order chi connectivity index (χ1) is 6.90. The van der Waals surface area contributed by atoms with E-state index in [1.807, 2.05) is 24.3 Å². The number of halogens is 1. The van der Waals surface area contributed by atoms with Crippen molar-refractivity contribution in [3.05, 3.63) is 24.3 Å². The first-order valence-corrected chi connectivity index (χ1v) is 5.82. The molecule has 0 aliphatic heterocycles. The van der Waals surface area contributed by atoms with Crippen LogP contribution in [0.3, 0.4) is 0 Å². The van der Waals surface area contributed by atoms with E-state index in [1.165, 1.54) is 25.7 Å². The van der Waals surface area contributed by atoms with Gasteiger partial charge in [0, 0.05) is 16.1 Å². The summed E-state index contributed by atoms with van der Waals surface area (Å²) in [6.07, 6.45) is 5.40. The Morgan fingerprint density at radius 2 is 1.93 bits per heavy atom. The van der Waals surface area contributed by atoms with Gasteiger partial charge in [0.15, 0.2) is 0 Å². The molecule has 0 heterocycles. The van der Waals surface area contributed by atoms with E-state index in [-0.39, 0.29) is 0 Å². The maximum absolute atomic E-state index is 5.90. The summed E-state index contributed by atoms with van der Waals surface area (Å²) in [7, 11) is 0. The Morgan fingerprint density at radius 1 is 1.21 bits per heavy atom. The van der Waals surface area contributed by atoms with Gasteiger partial charge in [-0.05, 0) is 37.8 Å². The van der Waals surface area contributed by atoms with Gasteiger partial charge in [0.05, 0.1) is 11.8 Å². The second-order valence-electron chi connectivity index (χ2n) is 3.61. The molecule has 1 N–H and O–H groups in total. The van der Waals surface area contributed by atoms with Crippen molar-refractivity contribution in [1.82, 2.24) is 0 Å². The lowest BCUT2D eigenvalue weighted by Crippen LogP contribution is -2.11. The molecule has 1 fully saturated rings. The van der Waals surface area contributed by atoms with Gasteiger partial charge in [0.1, 0.15) is 5.75 Å². The summed E-state index contributed by atoms with van der Waals surface area (Å²) >= 11 is 3.23. The third-order valence-electron chi connectivity index (χ3n) is 2.58. The van der Waals surface area contributed by atoms with Crippen LogP contribution in [0.5, 0.6) is 5.75 Å². The average molecular weight is 256 g/mol. The molecular weight excluding hydrogens is 242 g/mol. The molecule has 0 aromatic heterocycles. The second-order valence-corrected chi connectivity index (χ2v) is 4.01. The van der Waals surface area contributed by atoms with E-state index in [9.17, 15) is 0 Å². The lowest BCUT2D eigenvalue weighted by molar-refractivity contribution is 0.211. The largest absolute Gasteiger partial charge is 0.488 e. The fraction of sp³-hybridized carbons (Fsp3) is 0.455.